The third-order valence-electron chi connectivity index (χ3n) is 3.48. The van der Waals surface area contributed by atoms with Gasteiger partial charge in [0.2, 0.25) is 0 Å². The monoisotopic (exact) mass is 252 g/mol. The van der Waals surface area contributed by atoms with E-state index in [1.165, 1.54) is 5.56 Å². The molecule has 0 saturated heterocycles. The molecule has 0 aliphatic rings. The number of phenolic OH excluding ortho intramolecular Hbond substituents is 1. The van der Waals surface area contributed by atoms with E-state index in [1.54, 1.807) is 6.07 Å². The van der Waals surface area contributed by atoms with E-state index in [4.69, 9.17) is 0 Å². The van der Waals surface area contributed by atoms with Crippen molar-refractivity contribution < 1.29 is 5.11 Å². The minimum Gasteiger partial charge on any atom is -0.508 e. The van der Waals surface area contributed by atoms with Crippen molar-refractivity contribution in [1.29, 1.82) is 0 Å². The average Bonchev–Trinajstić information content (AvgIpc) is 2.76. The summed E-state index contributed by atoms with van der Waals surface area (Å²) in [6.07, 6.45) is 0. The van der Waals surface area contributed by atoms with E-state index in [-0.39, 0.29) is 0 Å². The molecule has 0 amide bonds. The zero-order valence-electron chi connectivity index (χ0n) is 11.3. The Morgan fingerprint density at radius 3 is 2.68 bits per heavy atom. The molecule has 0 fully saturated rings. The minimum absolute atomic E-state index is 0.297. The number of benzene rings is 2. The van der Waals surface area contributed by atoms with E-state index in [0.29, 0.717) is 5.75 Å². The highest BCUT2D eigenvalue weighted by atomic mass is 16.3. The van der Waals surface area contributed by atoms with Gasteiger partial charge in [0, 0.05) is 11.1 Å². The molecule has 3 heteroatoms. The standard InChI is InChI=1S/C16H16N2O/c1-9-7-10(2)15-13(8-9)17-16(18-15)12-5-4-6-14(19)11(12)3/h4-8,19H,1-3H3,(H,17,18). The molecule has 3 rings (SSSR count). The summed E-state index contributed by atoms with van der Waals surface area (Å²) in [5.41, 5.74) is 6.19. The fourth-order valence-electron chi connectivity index (χ4n) is 2.48. The summed E-state index contributed by atoms with van der Waals surface area (Å²) >= 11 is 0. The van der Waals surface area contributed by atoms with Crippen molar-refractivity contribution in [2.45, 2.75) is 20.8 Å². The van der Waals surface area contributed by atoms with Crippen LogP contribution in [0.4, 0.5) is 0 Å². The molecule has 0 atom stereocenters. The molecule has 3 aromatic rings. The largest absolute Gasteiger partial charge is 0.508 e. The highest BCUT2D eigenvalue weighted by molar-refractivity contribution is 5.83. The number of hydrogen-bond donors (Lipinski definition) is 2. The number of nitrogens with zero attached hydrogens (tertiary/aromatic N) is 1. The van der Waals surface area contributed by atoms with Crippen molar-refractivity contribution in [3.8, 4) is 17.1 Å². The smallest absolute Gasteiger partial charge is 0.138 e. The van der Waals surface area contributed by atoms with Crippen molar-refractivity contribution in [1.82, 2.24) is 9.97 Å². The fourth-order valence-corrected chi connectivity index (χ4v) is 2.48. The van der Waals surface area contributed by atoms with Crippen LogP contribution >= 0.6 is 0 Å². The Hall–Kier alpha value is -2.29. The van der Waals surface area contributed by atoms with Gasteiger partial charge >= 0.3 is 0 Å². The van der Waals surface area contributed by atoms with Gasteiger partial charge in [-0.2, -0.15) is 0 Å². The number of phenols is 1. The lowest BCUT2D eigenvalue weighted by Crippen LogP contribution is -1.85. The van der Waals surface area contributed by atoms with Gasteiger partial charge in [0.1, 0.15) is 11.6 Å². The molecular formula is C16H16N2O. The van der Waals surface area contributed by atoms with E-state index in [9.17, 15) is 5.11 Å². The van der Waals surface area contributed by atoms with Crippen LogP contribution in [0.15, 0.2) is 30.3 Å². The van der Waals surface area contributed by atoms with Gasteiger partial charge in [0.15, 0.2) is 0 Å². The molecule has 1 aromatic heterocycles. The number of nitrogens with one attached hydrogen (secondary N) is 1. The van der Waals surface area contributed by atoms with Crippen LogP contribution in [0.5, 0.6) is 5.75 Å². The maximum atomic E-state index is 9.79. The summed E-state index contributed by atoms with van der Waals surface area (Å²) < 4.78 is 0. The molecule has 0 radical (unpaired) electrons. The van der Waals surface area contributed by atoms with Gasteiger partial charge in [-0.05, 0) is 44.0 Å². The first-order valence-corrected chi connectivity index (χ1v) is 6.32. The van der Waals surface area contributed by atoms with Crippen molar-refractivity contribution in [3.05, 3.63) is 47.0 Å². The molecule has 0 unspecified atom stereocenters. The molecular weight excluding hydrogens is 236 g/mol. The number of imidazole rings is 1. The zero-order valence-corrected chi connectivity index (χ0v) is 11.3. The van der Waals surface area contributed by atoms with Gasteiger partial charge in [-0.3, -0.25) is 0 Å². The van der Waals surface area contributed by atoms with Crippen LogP contribution in [0.1, 0.15) is 16.7 Å². The maximum Gasteiger partial charge on any atom is 0.138 e. The lowest BCUT2D eigenvalue weighted by atomic mass is 10.1. The van der Waals surface area contributed by atoms with E-state index in [2.05, 4.69) is 35.9 Å². The maximum absolute atomic E-state index is 9.79. The lowest BCUT2D eigenvalue weighted by molar-refractivity contribution is 0.471. The molecule has 2 aromatic carbocycles. The van der Waals surface area contributed by atoms with E-state index < -0.39 is 0 Å². The molecule has 96 valence electrons. The van der Waals surface area contributed by atoms with Crippen LogP contribution in [-0.4, -0.2) is 15.1 Å². The van der Waals surface area contributed by atoms with Crippen LogP contribution in [0.25, 0.3) is 22.4 Å². The van der Waals surface area contributed by atoms with Crippen molar-refractivity contribution >= 4 is 11.0 Å². The van der Waals surface area contributed by atoms with E-state index in [0.717, 1.165) is 33.5 Å². The Bertz CT molecular complexity index is 772. The van der Waals surface area contributed by atoms with Gasteiger partial charge in [-0.1, -0.05) is 18.2 Å². The zero-order chi connectivity index (χ0) is 13.6. The summed E-state index contributed by atoms with van der Waals surface area (Å²) in [5.74, 6) is 1.10. The Labute approximate surface area is 111 Å². The van der Waals surface area contributed by atoms with Crippen LogP contribution in [-0.2, 0) is 0 Å². The van der Waals surface area contributed by atoms with Gasteiger partial charge in [-0.15, -0.1) is 0 Å². The first kappa shape index (κ1) is 11.8. The number of H-pyrrole nitrogens is 1. The normalized spacial score (nSPS) is 11.1. The summed E-state index contributed by atoms with van der Waals surface area (Å²) in [6, 6.07) is 9.72. The number of aromatic nitrogens is 2. The topological polar surface area (TPSA) is 48.9 Å². The molecule has 3 nitrogen and oxygen atoms in total. The number of fused-ring (bicyclic) bond motifs is 1. The minimum atomic E-state index is 0.297. The molecule has 2 N–H and O–H groups in total. The quantitative estimate of drug-likeness (QED) is 0.691. The number of aryl methyl sites for hydroxylation is 2. The van der Waals surface area contributed by atoms with E-state index in [1.807, 2.05) is 19.1 Å². The van der Waals surface area contributed by atoms with Crippen molar-refractivity contribution in [2.75, 3.05) is 0 Å². The van der Waals surface area contributed by atoms with Crippen LogP contribution in [0.3, 0.4) is 0 Å². The molecule has 0 aliphatic carbocycles. The SMILES string of the molecule is Cc1cc(C)c2nc(-c3cccc(O)c3C)[nH]c2c1. The van der Waals surface area contributed by atoms with E-state index >= 15 is 0 Å². The van der Waals surface area contributed by atoms with Crippen molar-refractivity contribution in [2.24, 2.45) is 0 Å². The summed E-state index contributed by atoms with van der Waals surface area (Å²) in [5, 5.41) is 9.79. The number of rotatable bonds is 1. The fraction of sp³-hybridized carbons (Fsp3) is 0.188. The molecule has 1 heterocycles. The van der Waals surface area contributed by atoms with Gasteiger partial charge in [0.25, 0.3) is 0 Å². The Balaban J connectivity index is 2.26. The van der Waals surface area contributed by atoms with Gasteiger partial charge in [0.05, 0.1) is 11.0 Å². The Morgan fingerprint density at radius 2 is 1.89 bits per heavy atom. The van der Waals surface area contributed by atoms with Gasteiger partial charge in [-0.25, -0.2) is 4.98 Å². The highest BCUT2D eigenvalue weighted by Gasteiger charge is 2.11. The summed E-state index contributed by atoms with van der Waals surface area (Å²) in [4.78, 5) is 8.00. The number of aromatic hydroxyl groups is 1. The third kappa shape index (κ3) is 1.87. The molecule has 0 aliphatic heterocycles. The molecule has 19 heavy (non-hydrogen) atoms. The van der Waals surface area contributed by atoms with Crippen LogP contribution in [0, 0.1) is 20.8 Å². The summed E-state index contributed by atoms with van der Waals surface area (Å²) in [6.45, 7) is 6.04. The van der Waals surface area contributed by atoms with Crippen LogP contribution < -0.4 is 0 Å². The Morgan fingerprint density at radius 1 is 1.11 bits per heavy atom. The first-order chi connectivity index (χ1) is 9.06. The molecule has 0 saturated carbocycles. The second-order valence-corrected chi connectivity index (χ2v) is 5.01. The second-order valence-electron chi connectivity index (χ2n) is 5.01. The second kappa shape index (κ2) is 4.12. The predicted octanol–water partition coefficient (Wildman–Crippen LogP) is 3.86. The Kier molecular flexibility index (Phi) is 2.56. The van der Waals surface area contributed by atoms with Gasteiger partial charge < -0.3 is 10.1 Å². The third-order valence-corrected chi connectivity index (χ3v) is 3.48. The highest BCUT2D eigenvalue weighted by Crippen LogP contribution is 2.29. The number of aromatic amines is 1. The van der Waals surface area contributed by atoms with Crippen molar-refractivity contribution in [3.63, 3.8) is 0 Å². The molecule has 0 spiro atoms. The summed E-state index contributed by atoms with van der Waals surface area (Å²) in [7, 11) is 0. The number of hydrogen-bond acceptors (Lipinski definition) is 2. The van der Waals surface area contributed by atoms with Crippen LogP contribution in [0.2, 0.25) is 0 Å². The average molecular weight is 252 g/mol. The predicted molar refractivity (Wildman–Crippen MR) is 77.4 cm³/mol. The lowest BCUT2D eigenvalue weighted by Gasteiger charge is -2.03. The first-order valence-electron chi connectivity index (χ1n) is 6.32. The molecule has 0 bridgehead atoms.